The molecule has 4 heteroatoms. The second-order valence-electron chi connectivity index (χ2n) is 5.02. The summed E-state index contributed by atoms with van der Waals surface area (Å²) in [7, 11) is 0. The lowest BCUT2D eigenvalue weighted by atomic mass is 9.96. The maximum Gasteiger partial charge on any atom is 0.234 e. The van der Waals surface area contributed by atoms with Crippen LogP contribution in [0.15, 0.2) is 9.98 Å². The van der Waals surface area contributed by atoms with E-state index < -0.39 is 0 Å². The van der Waals surface area contributed by atoms with E-state index in [-0.39, 0.29) is 0 Å². The standard InChI is InChI=1S/C14H24N2O2/c1-13(7-9-15-11-17)5-3-4-6-14(2)8-10-16-12-18/h13-14H,3-10H2,1-2H3. The van der Waals surface area contributed by atoms with Gasteiger partial charge in [0.05, 0.1) is 13.1 Å². The highest BCUT2D eigenvalue weighted by Gasteiger charge is 2.04. The zero-order valence-corrected chi connectivity index (χ0v) is 11.5. The minimum atomic E-state index is 0.602. The molecule has 0 aromatic carbocycles. The number of aliphatic imine (C=N–C) groups is 2. The first kappa shape index (κ1) is 16.8. The van der Waals surface area contributed by atoms with Crippen LogP contribution in [0.4, 0.5) is 0 Å². The molecule has 0 aliphatic rings. The molecule has 0 fully saturated rings. The number of hydrogen-bond acceptors (Lipinski definition) is 4. The van der Waals surface area contributed by atoms with Gasteiger partial charge in [-0.25, -0.2) is 19.6 Å². The van der Waals surface area contributed by atoms with Crippen molar-refractivity contribution in [3.8, 4) is 0 Å². The van der Waals surface area contributed by atoms with E-state index in [0.29, 0.717) is 24.9 Å². The van der Waals surface area contributed by atoms with Crippen LogP contribution in [0.25, 0.3) is 0 Å². The largest absolute Gasteiger partial charge is 0.234 e. The SMILES string of the molecule is CC(CCCCC(C)CCN=C=O)CCN=C=O. The van der Waals surface area contributed by atoms with Gasteiger partial charge >= 0.3 is 0 Å². The number of rotatable bonds is 11. The number of isocyanates is 2. The van der Waals surface area contributed by atoms with Gasteiger partial charge in [-0.3, -0.25) is 0 Å². The van der Waals surface area contributed by atoms with E-state index in [0.717, 1.165) is 12.8 Å². The van der Waals surface area contributed by atoms with Crippen LogP contribution in [0.2, 0.25) is 0 Å². The Labute approximate surface area is 110 Å². The third-order valence-electron chi connectivity index (χ3n) is 3.24. The van der Waals surface area contributed by atoms with Crippen molar-refractivity contribution in [1.82, 2.24) is 0 Å². The molecule has 0 spiro atoms. The monoisotopic (exact) mass is 252 g/mol. The first-order chi connectivity index (χ1) is 8.70. The van der Waals surface area contributed by atoms with Gasteiger partial charge in [0.25, 0.3) is 0 Å². The zero-order valence-electron chi connectivity index (χ0n) is 11.5. The van der Waals surface area contributed by atoms with E-state index in [1.54, 1.807) is 12.2 Å². The average molecular weight is 252 g/mol. The van der Waals surface area contributed by atoms with Crippen LogP contribution in [-0.4, -0.2) is 25.2 Å². The van der Waals surface area contributed by atoms with Crippen molar-refractivity contribution >= 4 is 12.2 Å². The van der Waals surface area contributed by atoms with Crippen LogP contribution in [-0.2, 0) is 9.59 Å². The maximum atomic E-state index is 9.91. The fourth-order valence-corrected chi connectivity index (χ4v) is 1.94. The maximum absolute atomic E-state index is 9.91. The first-order valence-electron chi connectivity index (χ1n) is 6.78. The smallest absolute Gasteiger partial charge is 0.211 e. The summed E-state index contributed by atoms with van der Waals surface area (Å²) in [5.74, 6) is 1.24. The van der Waals surface area contributed by atoms with Crippen molar-refractivity contribution in [2.24, 2.45) is 21.8 Å². The van der Waals surface area contributed by atoms with E-state index in [9.17, 15) is 9.59 Å². The highest BCUT2D eigenvalue weighted by atomic mass is 16.1. The molecule has 0 rings (SSSR count). The molecule has 18 heavy (non-hydrogen) atoms. The predicted octanol–water partition coefficient (Wildman–Crippen LogP) is 3.27. The number of hydrogen-bond donors (Lipinski definition) is 0. The number of unbranched alkanes of at least 4 members (excludes halogenated alkanes) is 1. The molecule has 2 unspecified atom stereocenters. The van der Waals surface area contributed by atoms with Crippen molar-refractivity contribution in [2.75, 3.05) is 13.1 Å². The molecule has 0 aliphatic heterocycles. The Kier molecular flexibility index (Phi) is 11.4. The van der Waals surface area contributed by atoms with Crippen LogP contribution < -0.4 is 0 Å². The van der Waals surface area contributed by atoms with Gasteiger partial charge in [0.1, 0.15) is 0 Å². The molecule has 0 bridgehead atoms. The normalized spacial score (nSPS) is 13.2. The van der Waals surface area contributed by atoms with Crippen LogP contribution in [0.1, 0.15) is 52.4 Å². The van der Waals surface area contributed by atoms with E-state index in [1.807, 2.05) is 0 Å². The van der Waals surface area contributed by atoms with E-state index in [2.05, 4.69) is 23.8 Å². The fourth-order valence-electron chi connectivity index (χ4n) is 1.94. The van der Waals surface area contributed by atoms with Crippen LogP contribution >= 0.6 is 0 Å². The molecule has 0 aliphatic carbocycles. The van der Waals surface area contributed by atoms with Crippen molar-refractivity contribution < 1.29 is 9.59 Å². The molecule has 0 saturated heterocycles. The van der Waals surface area contributed by atoms with Gasteiger partial charge in [-0.2, -0.15) is 0 Å². The average Bonchev–Trinajstić information content (AvgIpc) is 2.35. The Morgan fingerprint density at radius 3 is 1.50 bits per heavy atom. The summed E-state index contributed by atoms with van der Waals surface area (Å²) in [5, 5.41) is 0. The lowest BCUT2D eigenvalue weighted by molar-refractivity contribution is 0.425. The zero-order chi connectivity index (χ0) is 13.6. The van der Waals surface area contributed by atoms with Crippen LogP contribution in [0.5, 0.6) is 0 Å². The lowest BCUT2D eigenvalue weighted by Crippen LogP contribution is -2.00. The molecule has 0 saturated carbocycles. The topological polar surface area (TPSA) is 58.9 Å². The molecule has 4 nitrogen and oxygen atoms in total. The second-order valence-corrected chi connectivity index (χ2v) is 5.02. The summed E-state index contributed by atoms with van der Waals surface area (Å²) in [6, 6.07) is 0. The summed E-state index contributed by atoms with van der Waals surface area (Å²) in [6.45, 7) is 5.60. The molecule has 0 amide bonds. The van der Waals surface area contributed by atoms with Crippen molar-refractivity contribution in [2.45, 2.75) is 52.4 Å². The molecule has 102 valence electrons. The van der Waals surface area contributed by atoms with Gasteiger partial charge in [-0.15, -0.1) is 0 Å². The molecule has 0 radical (unpaired) electrons. The molecular weight excluding hydrogens is 228 g/mol. The number of nitrogens with zero attached hydrogens (tertiary/aromatic N) is 2. The summed E-state index contributed by atoms with van der Waals surface area (Å²) < 4.78 is 0. The third kappa shape index (κ3) is 11.3. The highest BCUT2D eigenvalue weighted by molar-refractivity contribution is 5.32. The number of carbonyl (C=O) groups excluding carboxylic acids is 2. The lowest BCUT2D eigenvalue weighted by Gasteiger charge is -2.11. The van der Waals surface area contributed by atoms with E-state index >= 15 is 0 Å². The summed E-state index contributed by atoms with van der Waals surface area (Å²) >= 11 is 0. The van der Waals surface area contributed by atoms with E-state index in [1.165, 1.54) is 25.7 Å². The minimum Gasteiger partial charge on any atom is -0.211 e. The fraction of sp³-hybridized carbons (Fsp3) is 0.857. The Morgan fingerprint density at radius 2 is 1.17 bits per heavy atom. The van der Waals surface area contributed by atoms with Gasteiger partial charge in [0.2, 0.25) is 12.2 Å². The molecule has 0 heterocycles. The van der Waals surface area contributed by atoms with Gasteiger partial charge in [-0.05, 0) is 24.7 Å². The van der Waals surface area contributed by atoms with Crippen molar-refractivity contribution in [3.05, 3.63) is 0 Å². The minimum absolute atomic E-state index is 0.602. The summed E-state index contributed by atoms with van der Waals surface area (Å²) in [4.78, 5) is 26.9. The molecule has 0 aromatic rings. The Hall–Kier alpha value is -1.24. The van der Waals surface area contributed by atoms with Crippen LogP contribution in [0, 0.1) is 11.8 Å². The predicted molar refractivity (Wildman–Crippen MR) is 72.0 cm³/mol. The Bertz CT molecular complexity index is 262. The van der Waals surface area contributed by atoms with Crippen molar-refractivity contribution in [1.29, 1.82) is 0 Å². The Balaban J connectivity index is 3.42. The Morgan fingerprint density at radius 1 is 0.778 bits per heavy atom. The van der Waals surface area contributed by atoms with Gasteiger partial charge < -0.3 is 0 Å². The van der Waals surface area contributed by atoms with Crippen LogP contribution in [0.3, 0.4) is 0 Å². The molecule has 0 aromatic heterocycles. The third-order valence-corrected chi connectivity index (χ3v) is 3.24. The van der Waals surface area contributed by atoms with Crippen molar-refractivity contribution in [3.63, 3.8) is 0 Å². The second kappa shape index (κ2) is 12.2. The molecule has 2 atom stereocenters. The summed E-state index contributed by atoms with van der Waals surface area (Å²) in [6.07, 6.45) is 9.89. The van der Waals surface area contributed by atoms with E-state index in [4.69, 9.17) is 0 Å². The first-order valence-corrected chi connectivity index (χ1v) is 6.78. The van der Waals surface area contributed by atoms with Gasteiger partial charge in [0.15, 0.2) is 0 Å². The van der Waals surface area contributed by atoms with Gasteiger partial charge in [0, 0.05) is 0 Å². The summed E-state index contributed by atoms with van der Waals surface area (Å²) in [5.41, 5.74) is 0. The highest BCUT2D eigenvalue weighted by Crippen LogP contribution is 2.17. The van der Waals surface area contributed by atoms with Gasteiger partial charge in [-0.1, -0.05) is 39.5 Å². The molecule has 0 N–H and O–H groups in total. The quantitative estimate of drug-likeness (QED) is 0.322. The molecular formula is C14H24N2O2.